The maximum absolute atomic E-state index is 12.5. The highest BCUT2D eigenvalue weighted by Crippen LogP contribution is 2.43. The predicted octanol–water partition coefficient (Wildman–Crippen LogP) is -0.827. The Labute approximate surface area is 133 Å². The molecule has 2 fully saturated rings. The first-order valence-electron chi connectivity index (χ1n) is 7.36. The van der Waals surface area contributed by atoms with Crippen molar-refractivity contribution in [2.75, 3.05) is 14.2 Å². The SMILES string of the molecule is COC(=O)[C@@]1(C)[NH2+][C@@H](c2ccc(O)cc2)[C@H]2C(=O)N(C)C(=O)[C@H]21. The first kappa shape index (κ1) is 15.5. The second kappa shape index (κ2) is 5.06. The quantitative estimate of drug-likeness (QED) is 0.547. The number of phenols is 1. The molecule has 0 spiro atoms. The van der Waals surface area contributed by atoms with Crippen molar-refractivity contribution in [2.45, 2.75) is 18.5 Å². The van der Waals surface area contributed by atoms with E-state index in [0.29, 0.717) is 0 Å². The number of carbonyl (C=O) groups is 3. The molecule has 7 nitrogen and oxygen atoms in total. The molecule has 1 aromatic rings. The van der Waals surface area contributed by atoms with Crippen molar-refractivity contribution in [3.8, 4) is 5.75 Å². The van der Waals surface area contributed by atoms with Crippen LogP contribution in [-0.2, 0) is 19.1 Å². The number of likely N-dealkylation sites (tertiary alicyclic amines) is 1. The molecule has 122 valence electrons. The summed E-state index contributed by atoms with van der Waals surface area (Å²) in [5.74, 6) is -2.44. The highest BCUT2D eigenvalue weighted by atomic mass is 16.5. The summed E-state index contributed by atoms with van der Waals surface area (Å²) in [4.78, 5) is 38.4. The van der Waals surface area contributed by atoms with Crippen LogP contribution in [0.1, 0.15) is 18.5 Å². The molecule has 0 radical (unpaired) electrons. The third-order valence-electron chi connectivity index (χ3n) is 5.03. The van der Waals surface area contributed by atoms with Crippen LogP contribution in [0.2, 0.25) is 0 Å². The van der Waals surface area contributed by atoms with Gasteiger partial charge in [0.15, 0.2) is 0 Å². The van der Waals surface area contributed by atoms with E-state index in [1.165, 1.54) is 26.3 Å². The van der Waals surface area contributed by atoms with Crippen molar-refractivity contribution >= 4 is 17.8 Å². The van der Waals surface area contributed by atoms with Crippen LogP contribution in [0.3, 0.4) is 0 Å². The number of aromatic hydroxyl groups is 1. The largest absolute Gasteiger partial charge is 0.508 e. The van der Waals surface area contributed by atoms with Crippen molar-refractivity contribution < 1.29 is 29.5 Å². The number of nitrogens with zero attached hydrogens (tertiary/aromatic N) is 1. The molecule has 23 heavy (non-hydrogen) atoms. The lowest BCUT2D eigenvalue weighted by atomic mass is 9.80. The van der Waals surface area contributed by atoms with Gasteiger partial charge in [-0.3, -0.25) is 14.5 Å². The van der Waals surface area contributed by atoms with Crippen LogP contribution >= 0.6 is 0 Å². The summed E-state index contributed by atoms with van der Waals surface area (Å²) in [6, 6.07) is 6.07. The van der Waals surface area contributed by atoms with Crippen LogP contribution < -0.4 is 5.32 Å². The van der Waals surface area contributed by atoms with Crippen LogP contribution in [0.25, 0.3) is 0 Å². The van der Waals surface area contributed by atoms with E-state index in [1.54, 1.807) is 24.4 Å². The van der Waals surface area contributed by atoms with E-state index in [4.69, 9.17) is 4.74 Å². The summed E-state index contributed by atoms with van der Waals surface area (Å²) >= 11 is 0. The molecule has 2 aliphatic heterocycles. The Morgan fingerprint density at radius 3 is 2.43 bits per heavy atom. The van der Waals surface area contributed by atoms with Crippen molar-refractivity contribution in [1.29, 1.82) is 0 Å². The monoisotopic (exact) mass is 319 g/mol. The maximum atomic E-state index is 12.5. The van der Waals surface area contributed by atoms with Crippen molar-refractivity contribution in [2.24, 2.45) is 11.8 Å². The molecular formula is C16H19N2O5+. The standard InChI is InChI=1S/C16H18N2O5/c1-16(15(22)23-3)11-10(13(20)18(2)14(11)21)12(17-16)8-4-6-9(19)7-5-8/h4-7,10-12,17,19H,1-3H3/p+1/t10-,11-,12-,16-/m0/s1. The summed E-state index contributed by atoms with van der Waals surface area (Å²) < 4.78 is 4.88. The van der Waals surface area contributed by atoms with Gasteiger partial charge in [-0.05, 0) is 24.3 Å². The van der Waals surface area contributed by atoms with Gasteiger partial charge in [0.2, 0.25) is 17.4 Å². The lowest BCUT2D eigenvalue weighted by Crippen LogP contribution is -2.97. The van der Waals surface area contributed by atoms with E-state index >= 15 is 0 Å². The van der Waals surface area contributed by atoms with Gasteiger partial charge in [-0.2, -0.15) is 0 Å². The number of nitrogens with two attached hydrogens (primary N) is 1. The van der Waals surface area contributed by atoms with Gasteiger partial charge in [0.25, 0.3) is 0 Å². The number of ether oxygens (including phenoxy) is 1. The predicted molar refractivity (Wildman–Crippen MR) is 78.0 cm³/mol. The highest BCUT2D eigenvalue weighted by molar-refractivity contribution is 6.08. The van der Waals surface area contributed by atoms with Gasteiger partial charge in [0.1, 0.15) is 23.6 Å². The second-order valence-corrected chi connectivity index (χ2v) is 6.30. The van der Waals surface area contributed by atoms with Crippen LogP contribution in [0.4, 0.5) is 0 Å². The number of phenolic OH excluding ortho intramolecular Hbond substituents is 1. The number of quaternary nitrogens is 1. The number of methoxy groups -OCH3 is 1. The minimum atomic E-state index is -1.15. The van der Waals surface area contributed by atoms with E-state index in [2.05, 4.69) is 0 Å². The first-order chi connectivity index (χ1) is 10.8. The molecular weight excluding hydrogens is 300 g/mol. The van der Waals surface area contributed by atoms with Crippen molar-refractivity contribution in [3.05, 3.63) is 29.8 Å². The number of amides is 2. The molecule has 0 bridgehead atoms. The molecule has 2 amide bonds. The number of esters is 1. The van der Waals surface area contributed by atoms with Crippen LogP contribution in [0.15, 0.2) is 24.3 Å². The second-order valence-electron chi connectivity index (χ2n) is 6.30. The van der Waals surface area contributed by atoms with Gasteiger partial charge >= 0.3 is 5.97 Å². The average Bonchev–Trinajstić information content (AvgIpc) is 2.97. The van der Waals surface area contributed by atoms with Gasteiger partial charge in [-0.15, -0.1) is 0 Å². The normalized spacial score (nSPS) is 33.0. The molecule has 2 aliphatic rings. The fraction of sp³-hybridized carbons (Fsp3) is 0.438. The maximum Gasteiger partial charge on any atom is 0.368 e. The molecule has 3 rings (SSSR count). The third kappa shape index (κ3) is 2.03. The number of hydrogen-bond donors (Lipinski definition) is 2. The highest BCUT2D eigenvalue weighted by Gasteiger charge is 2.70. The molecule has 2 saturated heterocycles. The van der Waals surface area contributed by atoms with Crippen molar-refractivity contribution in [3.63, 3.8) is 0 Å². The Morgan fingerprint density at radius 1 is 1.26 bits per heavy atom. The zero-order valence-corrected chi connectivity index (χ0v) is 13.1. The minimum Gasteiger partial charge on any atom is -0.508 e. The smallest absolute Gasteiger partial charge is 0.368 e. The number of fused-ring (bicyclic) bond motifs is 1. The van der Waals surface area contributed by atoms with Crippen LogP contribution in [-0.4, -0.2) is 47.5 Å². The number of hydrogen-bond acceptors (Lipinski definition) is 5. The number of rotatable bonds is 2. The minimum absolute atomic E-state index is 0.116. The summed E-state index contributed by atoms with van der Waals surface area (Å²) in [5.41, 5.74) is -0.374. The fourth-order valence-electron chi connectivity index (χ4n) is 3.82. The Bertz CT molecular complexity index is 686. The fourth-order valence-corrected chi connectivity index (χ4v) is 3.82. The molecule has 0 saturated carbocycles. The molecule has 7 heteroatoms. The number of carbonyl (C=O) groups excluding carboxylic acids is 3. The first-order valence-corrected chi connectivity index (χ1v) is 7.36. The van der Waals surface area contributed by atoms with E-state index in [1.807, 2.05) is 0 Å². The molecule has 0 unspecified atom stereocenters. The zero-order valence-electron chi connectivity index (χ0n) is 13.1. The molecule has 1 aromatic carbocycles. The summed E-state index contributed by atoms with van der Waals surface area (Å²) in [5, 5.41) is 11.2. The van der Waals surface area contributed by atoms with Gasteiger partial charge in [0, 0.05) is 19.5 Å². The van der Waals surface area contributed by atoms with Gasteiger partial charge < -0.3 is 15.2 Å². The number of benzene rings is 1. The topological polar surface area (TPSA) is 101 Å². The molecule has 0 aromatic heterocycles. The lowest BCUT2D eigenvalue weighted by molar-refractivity contribution is -0.731. The van der Waals surface area contributed by atoms with Crippen LogP contribution in [0.5, 0.6) is 5.75 Å². The Kier molecular flexibility index (Phi) is 3.40. The average molecular weight is 319 g/mol. The molecule has 2 heterocycles. The zero-order chi connectivity index (χ0) is 16.9. The Morgan fingerprint density at radius 2 is 1.87 bits per heavy atom. The lowest BCUT2D eigenvalue weighted by Gasteiger charge is -2.24. The number of imide groups is 1. The molecule has 4 atom stereocenters. The summed E-state index contributed by atoms with van der Waals surface area (Å²) in [6.45, 7) is 1.64. The summed E-state index contributed by atoms with van der Waals surface area (Å²) in [7, 11) is 2.71. The summed E-state index contributed by atoms with van der Waals surface area (Å²) in [6.07, 6.45) is 0. The Hall–Kier alpha value is -2.41. The van der Waals surface area contributed by atoms with E-state index in [0.717, 1.165) is 10.5 Å². The van der Waals surface area contributed by atoms with E-state index < -0.39 is 23.3 Å². The van der Waals surface area contributed by atoms with Gasteiger partial charge in [0.05, 0.1) is 7.11 Å². The van der Waals surface area contributed by atoms with Gasteiger partial charge in [-0.25, -0.2) is 4.79 Å². The van der Waals surface area contributed by atoms with Crippen LogP contribution in [0, 0.1) is 11.8 Å². The van der Waals surface area contributed by atoms with E-state index in [-0.39, 0.29) is 23.6 Å². The molecule has 0 aliphatic carbocycles. The van der Waals surface area contributed by atoms with E-state index in [9.17, 15) is 19.5 Å². The van der Waals surface area contributed by atoms with Gasteiger partial charge in [-0.1, -0.05) is 0 Å². The van der Waals surface area contributed by atoms with Crippen molar-refractivity contribution in [1.82, 2.24) is 4.90 Å². The third-order valence-corrected chi connectivity index (χ3v) is 5.03. The molecule has 3 N–H and O–H groups in total. The Balaban J connectivity index is 2.09.